The van der Waals surface area contributed by atoms with E-state index in [2.05, 4.69) is 21.8 Å². The molecule has 0 saturated carbocycles. The molecule has 0 bridgehead atoms. The maximum atomic E-state index is 11.0. The van der Waals surface area contributed by atoms with Gasteiger partial charge < -0.3 is 14.7 Å². The number of aromatic nitrogens is 2. The van der Waals surface area contributed by atoms with Gasteiger partial charge in [-0.15, -0.1) is 0 Å². The van der Waals surface area contributed by atoms with Crippen LogP contribution in [0.4, 0.5) is 0 Å². The maximum absolute atomic E-state index is 11.0. The number of aromatic carboxylic acids is 1. The summed E-state index contributed by atoms with van der Waals surface area (Å²) in [5, 5.41) is 9.04. The van der Waals surface area contributed by atoms with Crippen LogP contribution in [0.5, 0.6) is 5.75 Å². The monoisotopic (exact) mass is 311 g/mol. The largest absolute Gasteiger partial charge is 0.492 e. The molecule has 1 aliphatic heterocycles. The van der Waals surface area contributed by atoms with Gasteiger partial charge in [-0.1, -0.05) is 0 Å². The van der Waals surface area contributed by atoms with Crippen LogP contribution in [0.3, 0.4) is 0 Å². The Balaban J connectivity index is 0.00000192. The first-order valence-electron chi connectivity index (χ1n) is 7.37. The number of likely N-dealkylation sites (N-methyl/N-ethyl adjacent to an activating group) is 1. The summed E-state index contributed by atoms with van der Waals surface area (Å²) in [6.07, 6.45) is 3.03. The van der Waals surface area contributed by atoms with Crippen molar-refractivity contribution in [1.82, 2.24) is 19.2 Å². The number of fused-ring (bicyclic) bond motifs is 1. The summed E-state index contributed by atoms with van der Waals surface area (Å²) < 4.78 is 7.29. The second-order valence-corrected chi connectivity index (χ2v) is 5.53. The van der Waals surface area contributed by atoms with E-state index in [1.807, 2.05) is 0 Å². The second kappa shape index (κ2) is 7.84. The minimum atomic E-state index is -0.990. The van der Waals surface area contributed by atoms with Crippen molar-refractivity contribution in [3.05, 3.63) is 30.2 Å². The summed E-state index contributed by atoms with van der Waals surface area (Å²) in [7, 11) is 2.14. The number of hydrogen-bond acceptors (Lipinski definition) is 5. The van der Waals surface area contributed by atoms with Gasteiger partial charge in [0.05, 0.1) is 6.20 Å². The maximum Gasteiger partial charge on any atom is 0.354 e. The van der Waals surface area contributed by atoms with E-state index in [1.165, 1.54) is 10.6 Å². The van der Waals surface area contributed by atoms with Crippen LogP contribution in [0.15, 0.2) is 24.5 Å². The van der Waals surface area contributed by atoms with Crippen LogP contribution >= 0.6 is 0 Å². The Kier molecular flexibility index (Phi) is 6.08. The van der Waals surface area contributed by atoms with E-state index in [9.17, 15) is 4.79 Å². The summed E-state index contributed by atoms with van der Waals surface area (Å²) in [6.45, 7) is 5.85. The third-order valence-corrected chi connectivity index (χ3v) is 3.98. The molecule has 8 heteroatoms. The molecule has 23 heavy (non-hydrogen) atoms. The fourth-order valence-electron chi connectivity index (χ4n) is 2.57. The van der Waals surface area contributed by atoms with E-state index in [0.29, 0.717) is 18.0 Å². The average molecular weight is 311 g/mol. The van der Waals surface area contributed by atoms with Gasteiger partial charge in [0.15, 0.2) is 5.69 Å². The molecule has 0 aliphatic carbocycles. The molecule has 1 radical (unpaired) electrons. The molecular formula is C15H20LiN4O3. The number of pyridine rings is 1. The molecule has 1 aliphatic rings. The molecule has 119 valence electrons. The van der Waals surface area contributed by atoms with E-state index in [1.54, 1.807) is 18.3 Å². The first-order chi connectivity index (χ1) is 10.6. The first-order valence-corrected chi connectivity index (χ1v) is 7.37. The molecule has 3 heterocycles. The Bertz CT molecular complexity index is 668. The summed E-state index contributed by atoms with van der Waals surface area (Å²) in [5.74, 6) is -0.277. The van der Waals surface area contributed by atoms with Crippen molar-refractivity contribution in [2.75, 3.05) is 46.4 Å². The number of imidazole rings is 1. The van der Waals surface area contributed by atoms with Gasteiger partial charge >= 0.3 is 5.97 Å². The van der Waals surface area contributed by atoms with E-state index in [0.717, 1.165) is 32.7 Å². The summed E-state index contributed by atoms with van der Waals surface area (Å²) in [5.41, 5.74) is 0.730. The van der Waals surface area contributed by atoms with Crippen LogP contribution in [-0.4, -0.2) is 95.5 Å². The molecule has 0 spiro atoms. The molecule has 1 saturated heterocycles. The zero-order valence-corrected chi connectivity index (χ0v) is 13.6. The second-order valence-electron chi connectivity index (χ2n) is 5.53. The molecule has 0 unspecified atom stereocenters. The molecule has 3 rings (SSSR count). The fourth-order valence-corrected chi connectivity index (χ4v) is 2.57. The van der Waals surface area contributed by atoms with Crippen LogP contribution in [0, 0.1) is 0 Å². The summed E-state index contributed by atoms with van der Waals surface area (Å²) in [4.78, 5) is 19.8. The molecular weight excluding hydrogens is 291 g/mol. The predicted molar refractivity (Wildman–Crippen MR) is 87.3 cm³/mol. The molecule has 0 aromatic carbocycles. The molecule has 2 aromatic heterocycles. The zero-order chi connectivity index (χ0) is 15.5. The van der Waals surface area contributed by atoms with Gasteiger partial charge in [0.1, 0.15) is 18.0 Å². The molecule has 1 N–H and O–H groups in total. The van der Waals surface area contributed by atoms with Gasteiger partial charge in [0.2, 0.25) is 0 Å². The van der Waals surface area contributed by atoms with Crippen molar-refractivity contribution in [3.8, 4) is 5.75 Å². The quantitative estimate of drug-likeness (QED) is 0.800. The van der Waals surface area contributed by atoms with E-state index < -0.39 is 5.97 Å². The third-order valence-electron chi connectivity index (χ3n) is 3.98. The molecule has 0 amide bonds. The van der Waals surface area contributed by atoms with Gasteiger partial charge in [-0.3, -0.25) is 9.30 Å². The Hall–Kier alpha value is -1.52. The number of ether oxygens (including phenoxy) is 1. The number of hydrogen-bond donors (Lipinski definition) is 1. The minimum absolute atomic E-state index is 0. The number of carboxylic acids is 1. The molecule has 2 aromatic rings. The Labute approximate surface area is 147 Å². The number of piperazine rings is 1. The Morgan fingerprint density at radius 1 is 1.35 bits per heavy atom. The Morgan fingerprint density at radius 2 is 2.09 bits per heavy atom. The number of rotatable bonds is 5. The van der Waals surface area contributed by atoms with Crippen molar-refractivity contribution >= 4 is 30.5 Å². The van der Waals surface area contributed by atoms with Gasteiger partial charge in [0, 0.05) is 63.8 Å². The molecule has 0 atom stereocenters. The smallest absolute Gasteiger partial charge is 0.354 e. The van der Waals surface area contributed by atoms with Gasteiger partial charge in [-0.2, -0.15) is 0 Å². The number of carbonyl (C=O) groups is 1. The number of nitrogens with zero attached hydrogens (tertiary/aromatic N) is 4. The summed E-state index contributed by atoms with van der Waals surface area (Å²) in [6, 6.07) is 3.53. The molecule has 7 nitrogen and oxygen atoms in total. The SMILES string of the molecule is CN1CCN(CCOc2ccn3c(C(=O)O)cnc3c2)CC1.[Li]. The van der Waals surface area contributed by atoms with Gasteiger partial charge in [0.25, 0.3) is 0 Å². The topological polar surface area (TPSA) is 70.3 Å². The van der Waals surface area contributed by atoms with Crippen molar-refractivity contribution in [2.24, 2.45) is 0 Å². The predicted octanol–water partition coefficient (Wildman–Crippen LogP) is 0.278. The number of carboxylic acid groups (broad SMARTS) is 1. The molecule has 1 fully saturated rings. The summed E-state index contributed by atoms with van der Waals surface area (Å²) >= 11 is 0. The van der Waals surface area contributed by atoms with Crippen molar-refractivity contribution in [2.45, 2.75) is 0 Å². The fraction of sp³-hybridized carbons (Fsp3) is 0.467. The standard InChI is InChI=1S/C15H20N4O3.Li/c1-17-4-6-18(7-5-17)8-9-22-12-2-3-19-13(15(20)21)11-16-14(19)10-12;/h2-3,10-11H,4-9H2,1H3,(H,20,21);. The normalized spacial score (nSPS) is 16.2. The van der Waals surface area contributed by atoms with Crippen molar-refractivity contribution in [1.29, 1.82) is 0 Å². The third kappa shape index (κ3) is 4.27. The van der Waals surface area contributed by atoms with E-state index in [-0.39, 0.29) is 24.6 Å². The van der Waals surface area contributed by atoms with Crippen LogP contribution in [0.2, 0.25) is 0 Å². The van der Waals surface area contributed by atoms with Crippen molar-refractivity contribution in [3.63, 3.8) is 0 Å². The van der Waals surface area contributed by atoms with Crippen LogP contribution < -0.4 is 4.74 Å². The zero-order valence-electron chi connectivity index (χ0n) is 13.6. The van der Waals surface area contributed by atoms with E-state index in [4.69, 9.17) is 9.84 Å². The minimum Gasteiger partial charge on any atom is -0.492 e. The van der Waals surface area contributed by atoms with E-state index >= 15 is 0 Å². The first kappa shape index (κ1) is 17.8. The van der Waals surface area contributed by atoms with Gasteiger partial charge in [-0.05, 0) is 13.1 Å². The average Bonchev–Trinajstić information content (AvgIpc) is 2.92. The van der Waals surface area contributed by atoms with Crippen LogP contribution in [0.25, 0.3) is 5.65 Å². The van der Waals surface area contributed by atoms with Crippen molar-refractivity contribution < 1.29 is 14.6 Å². The van der Waals surface area contributed by atoms with Crippen LogP contribution in [-0.2, 0) is 0 Å². The van der Waals surface area contributed by atoms with Crippen LogP contribution in [0.1, 0.15) is 10.5 Å². The van der Waals surface area contributed by atoms with Gasteiger partial charge in [-0.25, -0.2) is 9.78 Å². The Morgan fingerprint density at radius 3 is 2.78 bits per heavy atom.